The van der Waals surface area contributed by atoms with Crippen molar-refractivity contribution < 1.29 is 4.74 Å². The summed E-state index contributed by atoms with van der Waals surface area (Å²) in [7, 11) is 1.69. The first-order valence-corrected chi connectivity index (χ1v) is 6.60. The van der Waals surface area contributed by atoms with E-state index in [1.807, 2.05) is 36.7 Å². The number of ether oxygens (including phenoxy) is 1. The minimum Gasteiger partial charge on any atom is -0.497 e. The molecule has 0 amide bonds. The molecule has 3 rings (SSSR count). The first kappa shape index (κ1) is 12.5. The third-order valence-electron chi connectivity index (χ3n) is 3.40. The second-order valence-corrected chi connectivity index (χ2v) is 4.78. The molecule has 2 N–H and O–H groups in total. The Morgan fingerprint density at radius 3 is 2.95 bits per heavy atom. The first-order chi connectivity index (χ1) is 9.76. The number of methoxy groups -OCH3 is 1. The number of fused-ring (bicyclic) bond motifs is 1. The molecule has 0 radical (unpaired) electrons. The smallest absolute Gasteiger partial charge is 0.119 e. The van der Waals surface area contributed by atoms with E-state index in [1.54, 1.807) is 7.11 Å². The highest BCUT2D eigenvalue weighted by Gasteiger charge is 2.04. The quantitative estimate of drug-likeness (QED) is 0.790. The zero-order valence-electron chi connectivity index (χ0n) is 11.4. The van der Waals surface area contributed by atoms with Gasteiger partial charge >= 0.3 is 0 Å². The third kappa shape index (κ3) is 2.45. The number of imidazole rings is 1. The summed E-state index contributed by atoms with van der Waals surface area (Å²) in [6.07, 6.45) is 5.64. The number of nitrogen functional groups attached to an aromatic ring is 1. The molecule has 0 saturated heterocycles. The Morgan fingerprint density at radius 1 is 1.20 bits per heavy atom. The van der Waals surface area contributed by atoms with Crippen LogP contribution in [0.1, 0.15) is 11.4 Å². The summed E-state index contributed by atoms with van der Waals surface area (Å²) in [6, 6.07) is 12.0. The van der Waals surface area contributed by atoms with Gasteiger partial charge in [-0.1, -0.05) is 12.1 Å². The molecule has 2 aromatic heterocycles. The fraction of sp³-hybridized carbons (Fsp3) is 0.188. The molecule has 1 aromatic carbocycles. The number of pyridine rings is 1. The average Bonchev–Trinajstić information content (AvgIpc) is 2.87. The minimum absolute atomic E-state index is 0.761. The van der Waals surface area contributed by atoms with E-state index in [4.69, 9.17) is 10.5 Å². The fourth-order valence-corrected chi connectivity index (χ4v) is 2.34. The summed E-state index contributed by atoms with van der Waals surface area (Å²) < 4.78 is 7.32. The van der Waals surface area contributed by atoms with Crippen LogP contribution in [0.15, 0.2) is 48.8 Å². The van der Waals surface area contributed by atoms with Crippen molar-refractivity contribution in [1.29, 1.82) is 0 Å². The number of rotatable bonds is 4. The number of nitrogens with zero attached hydrogens (tertiary/aromatic N) is 2. The van der Waals surface area contributed by atoms with E-state index in [2.05, 4.69) is 21.5 Å². The SMILES string of the molecule is COc1cccc(CCc2ncc3cc(N)ccn23)c1. The Balaban J connectivity index is 1.79. The van der Waals surface area contributed by atoms with Gasteiger partial charge in [0.05, 0.1) is 18.8 Å². The van der Waals surface area contributed by atoms with E-state index >= 15 is 0 Å². The Bertz CT molecular complexity index is 733. The van der Waals surface area contributed by atoms with Gasteiger partial charge in [0.2, 0.25) is 0 Å². The molecule has 0 aliphatic carbocycles. The van der Waals surface area contributed by atoms with Crippen molar-refractivity contribution in [2.45, 2.75) is 12.8 Å². The van der Waals surface area contributed by atoms with E-state index in [0.29, 0.717) is 0 Å². The molecule has 0 atom stereocenters. The van der Waals surface area contributed by atoms with Gasteiger partial charge in [-0.2, -0.15) is 0 Å². The molecule has 0 fully saturated rings. The van der Waals surface area contributed by atoms with Gasteiger partial charge in [-0.05, 0) is 36.2 Å². The monoisotopic (exact) mass is 267 g/mol. The lowest BCUT2D eigenvalue weighted by Gasteiger charge is -2.05. The molecule has 0 aliphatic rings. The standard InChI is InChI=1S/C16H17N3O/c1-20-15-4-2-3-12(9-15)5-6-16-18-11-14-10-13(17)7-8-19(14)16/h2-4,7-11H,5-6,17H2,1H3. The number of benzene rings is 1. The fourth-order valence-electron chi connectivity index (χ4n) is 2.34. The van der Waals surface area contributed by atoms with Crippen molar-refractivity contribution in [1.82, 2.24) is 9.38 Å². The Morgan fingerprint density at radius 2 is 2.10 bits per heavy atom. The Labute approximate surface area is 117 Å². The summed E-state index contributed by atoms with van der Waals surface area (Å²) in [4.78, 5) is 4.47. The zero-order chi connectivity index (χ0) is 13.9. The van der Waals surface area contributed by atoms with Crippen LogP contribution < -0.4 is 10.5 Å². The minimum atomic E-state index is 0.761. The van der Waals surface area contributed by atoms with Gasteiger partial charge in [-0.25, -0.2) is 4.98 Å². The molecule has 4 nitrogen and oxygen atoms in total. The number of anilines is 1. The van der Waals surface area contributed by atoms with Crippen LogP contribution in [0.3, 0.4) is 0 Å². The number of hydrogen-bond acceptors (Lipinski definition) is 3. The lowest BCUT2D eigenvalue weighted by molar-refractivity contribution is 0.414. The molecule has 3 aromatic rings. The van der Waals surface area contributed by atoms with Gasteiger partial charge in [-0.3, -0.25) is 0 Å². The van der Waals surface area contributed by atoms with Crippen molar-refractivity contribution in [3.8, 4) is 5.75 Å². The number of nitrogens with two attached hydrogens (primary N) is 1. The van der Waals surface area contributed by atoms with Gasteiger partial charge in [0.15, 0.2) is 0 Å². The van der Waals surface area contributed by atoms with Crippen molar-refractivity contribution in [2.75, 3.05) is 12.8 Å². The van der Waals surface area contributed by atoms with E-state index in [9.17, 15) is 0 Å². The van der Waals surface area contributed by atoms with Crippen LogP contribution in [-0.2, 0) is 12.8 Å². The molecule has 0 aliphatic heterocycles. The topological polar surface area (TPSA) is 52.5 Å². The maximum atomic E-state index is 5.78. The van der Waals surface area contributed by atoms with E-state index in [0.717, 1.165) is 35.6 Å². The maximum Gasteiger partial charge on any atom is 0.119 e. The van der Waals surface area contributed by atoms with Gasteiger partial charge in [-0.15, -0.1) is 0 Å². The number of aromatic nitrogens is 2. The van der Waals surface area contributed by atoms with Crippen molar-refractivity contribution in [3.05, 3.63) is 60.2 Å². The first-order valence-electron chi connectivity index (χ1n) is 6.60. The highest BCUT2D eigenvalue weighted by molar-refractivity contribution is 5.55. The molecular formula is C16H17N3O. The third-order valence-corrected chi connectivity index (χ3v) is 3.40. The zero-order valence-corrected chi connectivity index (χ0v) is 11.4. The predicted octanol–water partition coefficient (Wildman–Crippen LogP) is 2.71. The Kier molecular flexibility index (Phi) is 3.29. The molecule has 4 heteroatoms. The normalized spacial score (nSPS) is 10.8. The van der Waals surface area contributed by atoms with Crippen LogP contribution in [0.5, 0.6) is 5.75 Å². The summed E-state index contributed by atoms with van der Waals surface area (Å²) in [5.74, 6) is 1.94. The van der Waals surface area contributed by atoms with Crippen LogP contribution in [0.4, 0.5) is 5.69 Å². The van der Waals surface area contributed by atoms with Gasteiger partial charge in [0.25, 0.3) is 0 Å². The van der Waals surface area contributed by atoms with Crippen molar-refractivity contribution in [2.24, 2.45) is 0 Å². The summed E-state index contributed by atoms with van der Waals surface area (Å²) in [6.45, 7) is 0. The number of hydrogen-bond donors (Lipinski definition) is 1. The molecule has 0 bridgehead atoms. The van der Waals surface area contributed by atoms with Gasteiger partial charge < -0.3 is 14.9 Å². The largest absolute Gasteiger partial charge is 0.497 e. The highest BCUT2D eigenvalue weighted by atomic mass is 16.5. The lowest BCUT2D eigenvalue weighted by atomic mass is 10.1. The van der Waals surface area contributed by atoms with Crippen molar-refractivity contribution >= 4 is 11.2 Å². The van der Waals surface area contributed by atoms with Crippen molar-refractivity contribution in [3.63, 3.8) is 0 Å². The molecule has 102 valence electrons. The maximum absolute atomic E-state index is 5.78. The van der Waals surface area contributed by atoms with Crippen LogP contribution in [0.25, 0.3) is 5.52 Å². The van der Waals surface area contributed by atoms with Crippen LogP contribution in [0, 0.1) is 0 Å². The lowest BCUT2D eigenvalue weighted by Crippen LogP contribution is -1.98. The van der Waals surface area contributed by atoms with Gasteiger partial charge in [0, 0.05) is 18.3 Å². The number of aryl methyl sites for hydroxylation is 2. The average molecular weight is 267 g/mol. The summed E-state index contributed by atoms with van der Waals surface area (Å²) >= 11 is 0. The van der Waals surface area contributed by atoms with Crippen LogP contribution >= 0.6 is 0 Å². The highest BCUT2D eigenvalue weighted by Crippen LogP contribution is 2.16. The van der Waals surface area contributed by atoms with Gasteiger partial charge in [0.1, 0.15) is 11.6 Å². The second kappa shape index (κ2) is 5.25. The van der Waals surface area contributed by atoms with Crippen LogP contribution in [-0.4, -0.2) is 16.5 Å². The Hall–Kier alpha value is -2.49. The molecule has 20 heavy (non-hydrogen) atoms. The molecule has 0 saturated carbocycles. The predicted molar refractivity (Wildman–Crippen MR) is 80.0 cm³/mol. The summed E-state index contributed by atoms with van der Waals surface area (Å²) in [5, 5.41) is 0. The molecule has 0 unspecified atom stereocenters. The molecular weight excluding hydrogens is 250 g/mol. The van der Waals surface area contributed by atoms with E-state index in [-0.39, 0.29) is 0 Å². The van der Waals surface area contributed by atoms with Crippen LogP contribution in [0.2, 0.25) is 0 Å². The molecule has 0 spiro atoms. The van der Waals surface area contributed by atoms with E-state index in [1.165, 1.54) is 5.56 Å². The molecule has 2 heterocycles. The second-order valence-electron chi connectivity index (χ2n) is 4.78. The summed E-state index contributed by atoms with van der Waals surface area (Å²) in [5.41, 5.74) is 8.82. The van der Waals surface area contributed by atoms with E-state index < -0.39 is 0 Å².